The van der Waals surface area contributed by atoms with Crippen LogP contribution in [0.5, 0.6) is 5.75 Å². The standard InChI is InChI=1S/C13H17ClO2/c1-8(2)10-6-11(5-9(3)15)13(16-4)12(14)7-10/h6-8H,5H2,1-4H3. The molecule has 16 heavy (non-hydrogen) atoms. The molecule has 0 unspecified atom stereocenters. The van der Waals surface area contributed by atoms with Crippen LogP contribution in [0.25, 0.3) is 0 Å². The van der Waals surface area contributed by atoms with Gasteiger partial charge in [-0.25, -0.2) is 0 Å². The molecule has 0 heterocycles. The van der Waals surface area contributed by atoms with Crippen LogP contribution < -0.4 is 4.74 Å². The van der Waals surface area contributed by atoms with Gasteiger partial charge in [0.05, 0.1) is 12.1 Å². The summed E-state index contributed by atoms with van der Waals surface area (Å²) >= 11 is 6.13. The number of rotatable bonds is 4. The Morgan fingerprint density at radius 1 is 1.44 bits per heavy atom. The molecule has 0 aliphatic heterocycles. The molecule has 0 aliphatic rings. The van der Waals surface area contributed by atoms with Crippen molar-refractivity contribution in [3.63, 3.8) is 0 Å². The van der Waals surface area contributed by atoms with E-state index in [-0.39, 0.29) is 5.78 Å². The lowest BCUT2D eigenvalue weighted by Crippen LogP contribution is -2.02. The fourth-order valence-electron chi connectivity index (χ4n) is 1.64. The van der Waals surface area contributed by atoms with E-state index >= 15 is 0 Å². The van der Waals surface area contributed by atoms with Gasteiger partial charge in [-0.3, -0.25) is 4.79 Å². The molecule has 0 fully saturated rings. The number of benzene rings is 1. The predicted molar refractivity (Wildman–Crippen MR) is 66.5 cm³/mol. The molecule has 1 rings (SSSR count). The second-order valence-corrected chi connectivity index (χ2v) is 4.64. The fourth-order valence-corrected chi connectivity index (χ4v) is 1.96. The number of halogens is 1. The van der Waals surface area contributed by atoms with Crippen LogP contribution >= 0.6 is 11.6 Å². The molecule has 0 N–H and O–H groups in total. The van der Waals surface area contributed by atoms with Crippen LogP contribution in [0.3, 0.4) is 0 Å². The van der Waals surface area contributed by atoms with E-state index in [4.69, 9.17) is 16.3 Å². The summed E-state index contributed by atoms with van der Waals surface area (Å²) in [5.41, 5.74) is 1.99. The van der Waals surface area contributed by atoms with Crippen molar-refractivity contribution in [1.82, 2.24) is 0 Å². The minimum atomic E-state index is 0.107. The Bertz CT molecular complexity index is 397. The summed E-state index contributed by atoms with van der Waals surface area (Å²) in [6.07, 6.45) is 0.365. The average Bonchev–Trinajstić information content (AvgIpc) is 2.16. The number of Topliss-reactive ketones (excluding diaryl/α,β-unsaturated/α-hetero) is 1. The van der Waals surface area contributed by atoms with Gasteiger partial charge in [0.15, 0.2) is 0 Å². The molecule has 2 nitrogen and oxygen atoms in total. The highest BCUT2D eigenvalue weighted by atomic mass is 35.5. The minimum absolute atomic E-state index is 0.107. The van der Waals surface area contributed by atoms with Crippen molar-refractivity contribution in [2.75, 3.05) is 7.11 Å². The Morgan fingerprint density at radius 2 is 2.06 bits per heavy atom. The van der Waals surface area contributed by atoms with Gasteiger partial charge in [-0.2, -0.15) is 0 Å². The molecule has 3 heteroatoms. The molecule has 1 aromatic rings. The topological polar surface area (TPSA) is 26.3 Å². The van der Waals surface area contributed by atoms with Crippen LogP contribution in [0.1, 0.15) is 37.8 Å². The van der Waals surface area contributed by atoms with Gasteiger partial charge in [0, 0.05) is 12.0 Å². The smallest absolute Gasteiger partial charge is 0.141 e. The lowest BCUT2D eigenvalue weighted by atomic mass is 9.98. The van der Waals surface area contributed by atoms with Crippen LogP contribution in [-0.4, -0.2) is 12.9 Å². The van der Waals surface area contributed by atoms with Crippen molar-refractivity contribution in [2.45, 2.75) is 33.1 Å². The Kier molecular flexibility index (Phi) is 4.36. The van der Waals surface area contributed by atoms with Gasteiger partial charge in [-0.1, -0.05) is 31.5 Å². The van der Waals surface area contributed by atoms with Crippen molar-refractivity contribution in [3.8, 4) is 5.75 Å². The fraction of sp³-hybridized carbons (Fsp3) is 0.462. The highest BCUT2D eigenvalue weighted by Gasteiger charge is 2.13. The lowest BCUT2D eigenvalue weighted by molar-refractivity contribution is -0.116. The molecular weight excluding hydrogens is 224 g/mol. The number of ether oxygens (including phenoxy) is 1. The monoisotopic (exact) mass is 240 g/mol. The molecule has 0 aliphatic carbocycles. The highest BCUT2D eigenvalue weighted by Crippen LogP contribution is 2.33. The van der Waals surface area contributed by atoms with Crippen LogP contribution in [0.15, 0.2) is 12.1 Å². The van der Waals surface area contributed by atoms with E-state index in [0.29, 0.717) is 23.1 Å². The molecule has 0 radical (unpaired) electrons. The summed E-state index contributed by atoms with van der Waals surface area (Å²) < 4.78 is 5.23. The van der Waals surface area contributed by atoms with Crippen molar-refractivity contribution in [1.29, 1.82) is 0 Å². The number of carbonyl (C=O) groups excluding carboxylic acids is 1. The van der Waals surface area contributed by atoms with Gasteiger partial charge in [0.25, 0.3) is 0 Å². The first-order valence-electron chi connectivity index (χ1n) is 5.31. The predicted octanol–water partition coefficient (Wildman–Crippen LogP) is 3.60. The Morgan fingerprint density at radius 3 is 2.50 bits per heavy atom. The molecule has 0 bridgehead atoms. The maximum Gasteiger partial charge on any atom is 0.141 e. The van der Waals surface area contributed by atoms with E-state index in [2.05, 4.69) is 13.8 Å². The summed E-state index contributed by atoms with van der Waals surface area (Å²) in [6, 6.07) is 3.89. The van der Waals surface area contributed by atoms with Gasteiger partial charge >= 0.3 is 0 Å². The van der Waals surface area contributed by atoms with Gasteiger partial charge < -0.3 is 4.74 Å². The first kappa shape index (κ1) is 13.0. The molecule has 1 aromatic carbocycles. The number of hydrogen-bond acceptors (Lipinski definition) is 2. The van der Waals surface area contributed by atoms with Crippen LogP contribution in [0.4, 0.5) is 0 Å². The minimum Gasteiger partial charge on any atom is -0.495 e. The summed E-state index contributed by atoms with van der Waals surface area (Å²) in [7, 11) is 1.57. The SMILES string of the molecule is COc1c(Cl)cc(C(C)C)cc1CC(C)=O. The third kappa shape index (κ3) is 2.99. The molecule has 88 valence electrons. The van der Waals surface area contributed by atoms with E-state index in [0.717, 1.165) is 11.1 Å². The zero-order valence-corrected chi connectivity index (χ0v) is 10.9. The number of carbonyl (C=O) groups is 1. The second kappa shape index (κ2) is 5.35. The first-order valence-corrected chi connectivity index (χ1v) is 5.69. The van der Waals surface area contributed by atoms with Crippen molar-refractivity contribution >= 4 is 17.4 Å². The van der Waals surface area contributed by atoms with E-state index in [9.17, 15) is 4.79 Å². The van der Waals surface area contributed by atoms with Crippen LogP contribution in [0, 0.1) is 0 Å². The van der Waals surface area contributed by atoms with Crippen LogP contribution in [0.2, 0.25) is 5.02 Å². The normalized spacial score (nSPS) is 10.6. The summed E-state index contributed by atoms with van der Waals surface area (Å²) in [4.78, 5) is 11.2. The van der Waals surface area contributed by atoms with Gasteiger partial charge in [0.1, 0.15) is 11.5 Å². The van der Waals surface area contributed by atoms with E-state index in [1.165, 1.54) is 0 Å². The zero-order valence-electron chi connectivity index (χ0n) is 10.1. The Balaban J connectivity index is 3.24. The zero-order chi connectivity index (χ0) is 12.3. The van der Waals surface area contributed by atoms with Crippen molar-refractivity contribution in [2.24, 2.45) is 0 Å². The van der Waals surface area contributed by atoms with E-state index in [1.54, 1.807) is 14.0 Å². The van der Waals surface area contributed by atoms with Crippen molar-refractivity contribution < 1.29 is 9.53 Å². The van der Waals surface area contributed by atoms with Gasteiger partial charge in [0.2, 0.25) is 0 Å². The third-order valence-electron chi connectivity index (χ3n) is 2.45. The van der Waals surface area contributed by atoms with Crippen LogP contribution in [-0.2, 0) is 11.2 Å². The van der Waals surface area contributed by atoms with Crippen molar-refractivity contribution in [3.05, 3.63) is 28.3 Å². The summed E-state index contributed by atoms with van der Waals surface area (Å²) in [5.74, 6) is 1.10. The number of ketones is 1. The third-order valence-corrected chi connectivity index (χ3v) is 2.73. The summed E-state index contributed by atoms with van der Waals surface area (Å²) in [5, 5.41) is 0.574. The van der Waals surface area contributed by atoms with Gasteiger partial charge in [-0.05, 0) is 24.5 Å². The highest BCUT2D eigenvalue weighted by molar-refractivity contribution is 6.32. The molecule has 0 spiro atoms. The number of methoxy groups -OCH3 is 1. The van der Waals surface area contributed by atoms with Gasteiger partial charge in [-0.15, -0.1) is 0 Å². The largest absolute Gasteiger partial charge is 0.495 e. The Hall–Kier alpha value is -1.02. The quantitative estimate of drug-likeness (QED) is 0.804. The molecule has 0 aromatic heterocycles. The summed E-state index contributed by atoms with van der Waals surface area (Å²) in [6.45, 7) is 5.75. The molecule has 0 amide bonds. The van der Waals surface area contributed by atoms with E-state index < -0.39 is 0 Å². The molecule has 0 saturated carbocycles. The number of hydrogen-bond donors (Lipinski definition) is 0. The molecule has 0 atom stereocenters. The average molecular weight is 241 g/mol. The maximum absolute atomic E-state index is 11.2. The van der Waals surface area contributed by atoms with E-state index in [1.807, 2.05) is 12.1 Å². The molecule has 0 saturated heterocycles. The lowest BCUT2D eigenvalue weighted by Gasteiger charge is -2.13. The molecular formula is C13H17ClO2. The maximum atomic E-state index is 11.2. The second-order valence-electron chi connectivity index (χ2n) is 4.23. The first-order chi connectivity index (χ1) is 7.45. The Labute approximate surface area is 102 Å².